The van der Waals surface area contributed by atoms with Crippen molar-refractivity contribution in [3.63, 3.8) is 0 Å². The van der Waals surface area contributed by atoms with E-state index in [0.717, 1.165) is 29.7 Å². The summed E-state index contributed by atoms with van der Waals surface area (Å²) in [5, 5.41) is 0. The van der Waals surface area contributed by atoms with Crippen LogP contribution in [0.5, 0.6) is 0 Å². The number of primary amides is 1. The second kappa shape index (κ2) is 5.35. The first-order valence-corrected chi connectivity index (χ1v) is 6.27. The van der Waals surface area contributed by atoms with Gasteiger partial charge in [-0.25, -0.2) is 9.78 Å². The fraction of sp³-hybridized carbons (Fsp3) is 0.455. The second-order valence-electron chi connectivity index (χ2n) is 3.98. The summed E-state index contributed by atoms with van der Waals surface area (Å²) in [5.74, 6) is 0.886. The molecule has 1 aromatic rings. The van der Waals surface area contributed by atoms with Gasteiger partial charge in [0.2, 0.25) is 0 Å². The molecule has 2 N–H and O–H groups in total. The predicted molar refractivity (Wildman–Crippen MR) is 67.8 cm³/mol. The van der Waals surface area contributed by atoms with Crippen LogP contribution in [0.4, 0.5) is 10.6 Å². The van der Waals surface area contributed by atoms with Crippen LogP contribution in [0.15, 0.2) is 22.8 Å². The lowest BCUT2D eigenvalue weighted by Crippen LogP contribution is -2.41. The molecule has 0 spiro atoms. The van der Waals surface area contributed by atoms with E-state index in [1.54, 1.807) is 6.20 Å². The van der Waals surface area contributed by atoms with E-state index in [1.807, 2.05) is 12.1 Å². The lowest BCUT2D eigenvalue weighted by atomic mass is 10.1. The molecule has 92 valence electrons. The van der Waals surface area contributed by atoms with Crippen molar-refractivity contribution in [2.75, 3.05) is 18.0 Å². The molecule has 0 bridgehead atoms. The number of ether oxygens (including phenoxy) is 1. The normalized spacial score (nSPS) is 20.1. The lowest BCUT2D eigenvalue weighted by molar-refractivity contribution is 0.0964. The van der Waals surface area contributed by atoms with E-state index in [0.29, 0.717) is 6.54 Å². The third kappa shape index (κ3) is 3.33. The van der Waals surface area contributed by atoms with Crippen LogP contribution in [0, 0.1) is 0 Å². The van der Waals surface area contributed by atoms with Gasteiger partial charge in [-0.1, -0.05) is 15.9 Å². The number of hydrogen-bond acceptors (Lipinski definition) is 4. The Balaban J connectivity index is 2.04. The zero-order chi connectivity index (χ0) is 12.3. The molecule has 1 fully saturated rings. The SMILES string of the molecule is NC(=O)OC1CCCN(c2cc(Br)ccn2)C1. The highest BCUT2D eigenvalue weighted by molar-refractivity contribution is 9.10. The topological polar surface area (TPSA) is 68.5 Å². The Bertz CT molecular complexity index is 413. The molecule has 0 saturated carbocycles. The number of piperidine rings is 1. The number of anilines is 1. The lowest BCUT2D eigenvalue weighted by Gasteiger charge is -2.32. The number of carbonyl (C=O) groups is 1. The molecule has 17 heavy (non-hydrogen) atoms. The van der Waals surface area contributed by atoms with Gasteiger partial charge in [0.25, 0.3) is 0 Å². The minimum absolute atomic E-state index is 0.137. The third-order valence-corrected chi connectivity index (χ3v) is 3.19. The highest BCUT2D eigenvalue weighted by Gasteiger charge is 2.23. The first-order chi connectivity index (χ1) is 8.15. The van der Waals surface area contributed by atoms with Crippen molar-refractivity contribution >= 4 is 27.8 Å². The zero-order valence-corrected chi connectivity index (χ0v) is 10.9. The predicted octanol–water partition coefficient (Wildman–Crippen LogP) is 1.91. The molecular formula is C11H14BrN3O2. The minimum atomic E-state index is -0.709. The Morgan fingerprint density at radius 2 is 2.47 bits per heavy atom. The van der Waals surface area contributed by atoms with Crippen LogP contribution in [0.2, 0.25) is 0 Å². The maximum absolute atomic E-state index is 10.7. The summed E-state index contributed by atoms with van der Waals surface area (Å²) >= 11 is 3.41. The summed E-state index contributed by atoms with van der Waals surface area (Å²) < 4.78 is 6.02. The van der Waals surface area contributed by atoms with Gasteiger partial charge in [0.15, 0.2) is 0 Å². The number of aromatic nitrogens is 1. The molecule has 1 aromatic heterocycles. The van der Waals surface area contributed by atoms with Gasteiger partial charge in [-0.15, -0.1) is 0 Å². The Kier molecular flexibility index (Phi) is 3.83. The van der Waals surface area contributed by atoms with Crippen molar-refractivity contribution in [2.24, 2.45) is 5.73 Å². The smallest absolute Gasteiger partial charge is 0.404 e. The van der Waals surface area contributed by atoms with E-state index >= 15 is 0 Å². The number of carbonyl (C=O) groups excluding carboxylic acids is 1. The summed E-state index contributed by atoms with van der Waals surface area (Å²) in [4.78, 5) is 17.1. The number of hydrogen-bond donors (Lipinski definition) is 1. The maximum atomic E-state index is 10.7. The van der Waals surface area contributed by atoms with Crippen LogP contribution in [-0.2, 0) is 4.74 Å². The Morgan fingerprint density at radius 3 is 3.18 bits per heavy atom. The molecule has 1 unspecified atom stereocenters. The molecule has 1 aliphatic rings. The fourth-order valence-electron chi connectivity index (χ4n) is 1.97. The van der Waals surface area contributed by atoms with E-state index < -0.39 is 6.09 Å². The molecule has 2 rings (SSSR count). The molecule has 1 atom stereocenters. The molecule has 0 radical (unpaired) electrons. The van der Waals surface area contributed by atoms with Crippen LogP contribution in [0.25, 0.3) is 0 Å². The Morgan fingerprint density at radius 1 is 1.65 bits per heavy atom. The summed E-state index contributed by atoms with van der Waals surface area (Å²) in [6, 6.07) is 3.83. The van der Waals surface area contributed by atoms with E-state index in [4.69, 9.17) is 10.5 Å². The van der Waals surface area contributed by atoms with Crippen molar-refractivity contribution in [3.8, 4) is 0 Å². The van der Waals surface area contributed by atoms with Gasteiger partial charge in [0.05, 0.1) is 6.54 Å². The van der Waals surface area contributed by atoms with Crippen LogP contribution >= 0.6 is 15.9 Å². The third-order valence-electron chi connectivity index (χ3n) is 2.69. The van der Waals surface area contributed by atoms with Gasteiger partial charge in [0, 0.05) is 17.2 Å². The van der Waals surface area contributed by atoms with Gasteiger partial charge < -0.3 is 15.4 Å². The number of nitrogens with two attached hydrogens (primary N) is 1. The average molecular weight is 300 g/mol. The number of pyridine rings is 1. The van der Waals surface area contributed by atoms with E-state index in [1.165, 1.54) is 0 Å². The number of halogens is 1. The van der Waals surface area contributed by atoms with Crippen LogP contribution in [-0.4, -0.2) is 30.3 Å². The van der Waals surface area contributed by atoms with Gasteiger partial charge in [-0.2, -0.15) is 0 Å². The van der Waals surface area contributed by atoms with E-state index in [2.05, 4.69) is 25.8 Å². The second-order valence-corrected chi connectivity index (χ2v) is 4.90. The monoisotopic (exact) mass is 299 g/mol. The Hall–Kier alpha value is -1.30. The van der Waals surface area contributed by atoms with Crippen molar-refractivity contribution in [3.05, 3.63) is 22.8 Å². The number of amides is 1. The summed E-state index contributed by atoms with van der Waals surface area (Å²) in [5.41, 5.74) is 5.03. The first kappa shape index (κ1) is 12.2. The van der Waals surface area contributed by atoms with E-state index in [-0.39, 0.29) is 6.10 Å². The molecular weight excluding hydrogens is 286 g/mol. The number of nitrogens with zero attached hydrogens (tertiary/aromatic N) is 2. The molecule has 0 aromatic carbocycles. The average Bonchev–Trinajstić information content (AvgIpc) is 2.28. The van der Waals surface area contributed by atoms with Crippen molar-refractivity contribution in [2.45, 2.75) is 18.9 Å². The standard InChI is InChI=1S/C11H14BrN3O2/c12-8-3-4-14-10(6-8)15-5-1-2-9(7-15)17-11(13)16/h3-4,6,9H,1-2,5,7H2,(H2,13,16). The molecule has 6 heteroatoms. The highest BCUT2D eigenvalue weighted by Crippen LogP contribution is 2.22. The van der Waals surface area contributed by atoms with Gasteiger partial charge >= 0.3 is 6.09 Å². The molecule has 5 nitrogen and oxygen atoms in total. The molecule has 2 heterocycles. The zero-order valence-electron chi connectivity index (χ0n) is 9.30. The summed E-state index contributed by atoms with van der Waals surface area (Å²) in [6.07, 6.45) is 2.72. The summed E-state index contributed by atoms with van der Waals surface area (Å²) in [7, 11) is 0. The van der Waals surface area contributed by atoms with E-state index in [9.17, 15) is 4.79 Å². The molecule has 1 aliphatic heterocycles. The largest absolute Gasteiger partial charge is 0.445 e. The van der Waals surface area contributed by atoms with Crippen LogP contribution in [0.3, 0.4) is 0 Å². The van der Waals surface area contributed by atoms with Crippen LogP contribution in [0.1, 0.15) is 12.8 Å². The van der Waals surface area contributed by atoms with Crippen molar-refractivity contribution < 1.29 is 9.53 Å². The quantitative estimate of drug-likeness (QED) is 0.906. The maximum Gasteiger partial charge on any atom is 0.404 e. The number of rotatable bonds is 2. The molecule has 0 aliphatic carbocycles. The van der Waals surface area contributed by atoms with Crippen LogP contribution < -0.4 is 10.6 Å². The summed E-state index contributed by atoms with van der Waals surface area (Å²) in [6.45, 7) is 1.56. The first-order valence-electron chi connectivity index (χ1n) is 5.48. The molecule has 1 amide bonds. The molecule has 1 saturated heterocycles. The highest BCUT2D eigenvalue weighted by atomic mass is 79.9. The Labute approximate surface area is 108 Å². The fourth-order valence-corrected chi connectivity index (χ4v) is 2.30. The van der Waals surface area contributed by atoms with Gasteiger partial charge in [-0.3, -0.25) is 0 Å². The van der Waals surface area contributed by atoms with Gasteiger partial charge in [0.1, 0.15) is 11.9 Å². The van der Waals surface area contributed by atoms with Crippen molar-refractivity contribution in [1.82, 2.24) is 4.98 Å². The van der Waals surface area contributed by atoms with Crippen molar-refractivity contribution in [1.29, 1.82) is 0 Å². The minimum Gasteiger partial charge on any atom is -0.445 e. The van der Waals surface area contributed by atoms with Gasteiger partial charge in [-0.05, 0) is 25.0 Å².